The van der Waals surface area contributed by atoms with Gasteiger partial charge in [-0.25, -0.2) is 9.97 Å². The largest absolute Gasteiger partial charge is 0.218 e. The summed E-state index contributed by atoms with van der Waals surface area (Å²) >= 11 is 2.85. The first-order valence-corrected chi connectivity index (χ1v) is 8.66. The number of hydrogen-bond acceptors (Lipinski definition) is 10. The average Bonchev–Trinajstić information content (AvgIpc) is 2.59. The van der Waals surface area contributed by atoms with Gasteiger partial charge in [-0.15, -0.1) is 10.2 Å². The Morgan fingerprint density at radius 2 is 1.23 bits per heavy atom. The molecule has 2 heterocycles. The molecule has 114 valence electrons. The van der Waals surface area contributed by atoms with E-state index < -0.39 is 0 Å². The van der Waals surface area contributed by atoms with Crippen molar-refractivity contribution in [2.75, 3.05) is 12.5 Å². The SMILES string of the molecule is CSc1nncc(C(C)=NN=C(C)c2cnnc(SC)n2)n1. The topological polar surface area (TPSA) is 102 Å². The van der Waals surface area contributed by atoms with Crippen molar-refractivity contribution in [2.24, 2.45) is 10.2 Å². The van der Waals surface area contributed by atoms with Crippen LogP contribution >= 0.6 is 23.5 Å². The quantitative estimate of drug-likeness (QED) is 0.463. The number of hydrogen-bond donors (Lipinski definition) is 0. The smallest absolute Gasteiger partial charge is 0.209 e. The minimum Gasteiger partial charge on any atom is -0.218 e. The maximum absolute atomic E-state index is 4.32. The molecule has 10 heteroatoms. The molecule has 0 aliphatic carbocycles. The molecule has 22 heavy (non-hydrogen) atoms. The summed E-state index contributed by atoms with van der Waals surface area (Å²) in [5.74, 6) is 0. The molecular formula is C12H14N8S2. The van der Waals surface area contributed by atoms with E-state index in [-0.39, 0.29) is 0 Å². The Bertz CT molecular complexity index is 654. The highest BCUT2D eigenvalue weighted by Crippen LogP contribution is 2.08. The molecule has 0 aliphatic heterocycles. The van der Waals surface area contributed by atoms with Crippen LogP contribution in [-0.2, 0) is 0 Å². The van der Waals surface area contributed by atoms with Crippen LogP contribution in [0.1, 0.15) is 25.2 Å². The van der Waals surface area contributed by atoms with Gasteiger partial charge in [0, 0.05) is 0 Å². The fraction of sp³-hybridized carbons (Fsp3) is 0.333. The number of thioether (sulfide) groups is 2. The lowest BCUT2D eigenvalue weighted by Crippen LogP contribution is -2.04. The van der Waals surface area contributed by atoms with Crippen LogP contribution in [0.25, 0.3) is 0 Å². The molecule has 0 N–H and O–H groups in total. The maximum Gasteiger partial charge on any atom is 0.209 e. The molecule has 0 fully saturated rings. The van der Waals surface area contributed by atoms with Crippen LogP contribution in [0, 0.1) is 0 Å². The first-order valence-electron chi connectivity index (χ1n) is 6.21. The van der Waals surface area contributed by atoms with Crippen LogP contribution in [0.3, 0.4) is 0 Å². The normalized spacial score (nSPS) is 12.5. The highest BCUT2D eigenvalue weighted by Gasteiger charge is 2.05. The van der Waals surface area contributed by atoms with Crippen molar-refractivity contribution in [2.45, 2.75) is 24.2 Å². The van der Waals surface area contributed by atoms with Crippen molar-refractivity contribution in [1.29, 1.82) is 0 Å². The molecule has 0 bridgehead atoms. The fourth-order valence-corrected chi connectivity index (χ4v) is 1.99. The minimum absolute atomic E-state index is 0.595. The van der Waals surface area contributed by atoms with E-state index in [2.05, 4.69) is 40.6 Å². The van der Waals surface area contributed by atoms with Crippen molar-refractivity contribution < 1.29 is 0 Å². The van der Waals surface area contributed by atoms with Crippen molar-refractivity contribution >= 4 is 34.9 Å². The van der Waals surface area contributed by atoms with Gasteiger partial charge in [-0.2, -0.15) is 20.4 Å². The Kier molecular flexibility index (Phi) is 5.90. The molecule has 0 atom stereocenters. The van der Waals surface area contributed by atoms with Gasteiger partial charge in [0.15, 0.2) is 0 Å². The lowest BCUT2D eigenvalue weighted by Gasteiger charge is -2.00. The minimum atomic E-state index is 0.595. The van der Waals surface area contributed by atoms with Crippen molar-refractivity contribution in [3.05, 3.63) is 23.8 Å². The van der Waals surface area contributed by atoms with E-state index in [0.29, 0.717) is 33.1 Å². The zero-order chi connectivity index (χ0) is 15.9. The number of rotatable bonds is 5. The van der Waals surface area contributed by atoms with Crippen LogP contribution in [0.2, 0.25) is 0 Å². The van der Waals surface area contributed by atoms with Crippen molar-refractivity contribution in [1.82, 2.24) is 30.4 Å². The second kappa shape index (κ2) is 7.90. The Hall–Kier alpha value is -1.94. The van der Waals surface area contributed by atoms with Crippen molar-refractivity contribution in [3.63, 3.8) is 0 Å². The third-order valence-electron chi connectivity index (χ3n) is 2.54. The van der Waals surface area contributed by atoms with E-state index in [4.69, 9.17) is 0 Å². The Morgan fingerprint density at radius 3 is 1.59 bits per heavy atom. The molecule has 0 spiro atoms. The Balaban J connectivity index is 2.23. The van der Waals surface area contributed by atoms with E-state index in [9.17, 15) is 0 Å². The van der Waals surface area contributed by atoms with E-state index >= 15 is 0 Å². The van der Waals surface area contributed by atoms with Crippen LogP contribution in [-0.4, -0.2) is 54.3 Å². The van der Waals surface area contributed by atoms with Crippen molar-refractivity contribution in [3.8, 4) is 0 Å². The van der Waals surface area contributed by atoms with Crippen LogP contribution in [0.5, 0.6) is 0 Å². The second-order valence-corrected chi connectivity index (χ2v) is 5.57. The van der Waals surface area contributed by atoms with E-state index in [1.165, 1.54) is 23.5 Å². The van der Waals surface area contributed by atoms with Gasteiger partial charge in [0.05, 0.1) is 23.8 Å². The van der Waals surface area contributed by atoms with Crippen LogP contribution in [0.15, 0.2) is 32.9 Å². The highest BCUT2D eigenvalue weighted by molar-refractivity contribution is 7.98. The molecular weight excluding hydrogens is 320 g/mol. The van der Waals surface area contributed by atoms with Gasteiger partial charge in [-0.3, -0.25) is 0 Å². The highest BCUT2D eigenvalue weighted by atomic mass is 32.2. The third-order valence-corrected chi connectivity index (χ3v) is 3.61. The van der Waals surface area contributed by atoms with Crippen LogP contribution < -0.4 is 0 Å². The molecule has 0 amide bonds. The van der Waals surface area contributed by atoms with Gasteiger partial charge in [0.25, 0.3) is 0 Å². The molecule has 0 saturated heterocycles. The molecule has 2 rings (SSSR count). The molecule has 0 unspecified atom stereocenters. The molecule has 2 aromatic rings. The summed E-state index contributed by atoms with van der Waals surface area (Å²) in [5.41, 5.74) is 2.58. The van der Waals surface area contributed by atoms with E-state index in [1.807, 2.05) is 26.4 Å². The monoisotopic (exact) mass is 334 g/mol. The summed E-state index contributed by atoms with van der Waals surface area (Å²) in [4.78, 5) is 8.63. The summed E-state index contributed by atoms with van der Waals surface area (Å²) in [6.45, 7) is 3.63. The van der Waals surface area contributed by atoms with Gasteiger partial charge in [-0.05, 0) is 26.4 Å². The van der Waals surface area contributed by atoms with Crippen LogP contribution in [0.4, 0.5) is 0 Å². The molecule has 0 saturated carbocycles. The van der Waals surface area contributed by atoms with Gasteiger partial charge in [0.2, 0.25) is 10.3 Å². The first-order chi connectivity index (χ1) is 10.6. The second-order valence-electron chi connectivity index (χ2n) is 4.03. The zero-order valence-corrected chi connectivity index (χ0v) is 14.2. The molecule has 2 aromatic heterocycles. The summed E-state index contributed by atoms with van der Waals surface area (Å²) in [6.07, 6.45) is 6.89. The number of nitrogens with zero attached hydrogens (tertiary/aromatic N) is 8. The maximum atomic E-state index is 4.32. The Labute approximate surface area is 136 Å². The predicted molar refractivity (Wildman–Crippen MR) is 87.6 cm³/mol. The Morgan fingerprint density at radius 1 is 0.818 bits per heavy atom. The van der Waals surface area contributed by atoms with E-state index in [0.717, 1.165) is 0 Å². The first kappa shape index (κ1) is 16.4. The van der Waals surface area contributed by atoms with Gasteiger partial charge < -0.3 is 0 Å². The molecule has 0 radical (unpaired) electrons. The van der Waals surface area contributed by atoms with Gasteiger partial charge in [-0.1, -0.05) is 23.5 Å². The van der Waals surface area contributed by atoms with Gasteiger partial charge >= 0.3 is 0 Å². The fourth-order valence-electron chi connectivity index (χ4n) is 1.35. The predicted octanol–water partition coefficient (Wildman–Crippen LogP) is 1.73. The summed E-state index contributed by atoms with van der Waals surface area (Å²) in [6, 6.07) is 0. The lowest BCUT2D eigenvalue weighted by molar-refractivity contribution is 0.831. The third kappa shape index (κ3) is 4.28. The zero-order valence-electron chi connectivity index (χ0n) is 12.5. The summed E-state index contributed by atoms with van der Waals surface area (Å²) in [7, 11) is 0. The summed E-state index contributed by atoms with van der Waals surface area (Å²) < 4.78 is 0. The van der Waals surface area contributed by atoms with E-state index in [1.54, 1.807) is 12.4 Å². The van der Waals surface area contributed by atoms with Gasteiger partial charge in [0.1, 0.15) is 11.4 Å². The molecule has 8 nitrogen and oxygen atoms in total. The standard InChI is InChI=1S/C12H14N8S2/c1-7(9-5-13-19-11(15-9)21-3)17-18-8(2)10-6-14-20-12(16-10)22-4/h5-6H,1-4H3. The lowest BCUT2D eigenvalue weighted by atomic mass is 10.3. The summed E-state index contributed by atoms with van der Waals surface area (Å²) in [5, 5.41) is 25.1. The molecule has 0 aliphatic rings. The average molecular weight is 334 g/mol. The number of aromatic nitrogens is 6. The molecule has 0 aromatic carbocycles.